The molecule has 5 nitrogen and oxygen atoms in total. The highest BCUT2D eigenvalue weighted by molar-refractivity contribution is 5.70. The Kier molecular flexibility index (Phi) is 4.98. The molecule has 1 heterocycles. The Labute approximate surface area is 118 Å². The van der Waals surface area contributed by atoms with Crippen molar-refractivity contribution in [2.45, 2.75) is 39.0 Å². The predicted molar refractivity (Wildman–Crippen MR) is 72.7 cm³/mol. The van der Waals surface area contributed by atoms with E-state index in [-0.39, 0.29) is 12.6 Å². The lowest BCUT2D eigenvalue weighted by Crippen LogP contribution is -2.46. The minimum absolute atomic E-state index is 0.225. The van der Waals surface area contributed by atoms with Crippen molar-refractivity contribution in [1.82, 2.24) is 4.90 Å². The molecule has 1 atom stereocenters. The highest BCUT2D eigenvalue weighted by Gasteiger charge is 2.29. The van der Waals surface area contributed by atoms with Crippen molar-refractivity contribution in [3.63, 3.8) is 0 Å². The summed E-state index contributed by atoms with van der Waals surface area (Å²) in [6.07, 6.45) is 1.59. The molecule has 5 heteroatoms. The highest BCUT2D eigenvalue weighted by atomic mass is 16.6. The van der Waals surface area contributed by atoms with Crippen LogP contribution < -0.4 is 0 Å². The van der Waals surface area contributed by atoms with Crippen LogP contribution in [0, 0.1) is 0 Å². The van der Waals surface area contributed by atoms with Gasteiger partial charge in [0.2, 0.25) is 0 Å². The number of likely N-dealkylation sites (tertiary alicyclic amines) is 1. The van der Waals surface area contributed by atoms with Crippen LogP contribution in [0.4, 0.5) is 4.79 Å². The third kappa shape index (κ3) is 3.98. The molecule has 1 unspecified atom stereocenters. The Bertz CT molecular complexity index is 460. The van der Waals surface area contributed by atoms with Crippen LogP contribution in [0.1, 0.15) is 31.7 Å². The van der Waals surface area contributed by atoms with Crippen molar-refractivity contribution < 1.29 is 19.1 Å². The number of amides is 1. The molecule has 1 aliphatic heterocycles. The molecule has 0 saturated carbocycles. The van der Waals surface area contributed by atoms with Gasteiger partial charge >= 0.3 is 12.1 Å². The first-order valence-corrected chi connectivity index (χ1v) is 6.81. The van der Waals surface area contributed by atoms with Crippen molar-refractivity contribution in [3.8, 4) is 0 Å². The van der Waals surface area contributed by atoms with E-state index in [1.54, 1.807) is 0 Å². The molecule has 1 saturated heterocycles. The summed E-state index contributed by atoms with van der Waals surface area (Å²) in [4.78, 5) is 24.6. The Hall–Kier alpha value is -2.04. The number of benzene rings is 1. The largest absolute Gasteiger partial charge is 0.444 e. The van der Waals surface area contributed by atoms with Gasteiger partial charge in [-0.2, -0.15) is 0 Å². The lowest BCUT2D eigenvalue weighted by atomic mass is 10.1. The average molecular weight is 277 g/mol. The molecular formula is C15H19NO4. The molecule has 20 heavy (non-hydrogen) atoms. The molecular weight excluding hydrogens is 258 g/mol. The maximum Gasteiger partial charge on any atom is 0.413 e. The summed E-state index contributed by atoms with van der Waals surface area (Å²) < 4.78 is 10.4. The van der Waals surface area contributed by atoms with E-state index in [4.69, 9.17) is 9.47 Å². The third-order valence-corrected chi connectivity index (χ3v) is 3.19. The fourth-order valence-corrected chi connectivity index (χ4v) is 2.23. The maximum atomic E-state index is 12.1. The molecule has 0 aliphatic carbocycles. The van der Waals surface area contributed by atoms with E-state index < -0.39 is 12.3 Å². The van der Waals surface area contributed by atoms with Crippen LogP contribution in [0.15, 0.2) is 30.3 Å². The Morgan fingerprint density at radius 2 is 2.00 bits per heavy atom. The minimum Gasteiger partial charge on any atom is -0.444 e. The van der Waals surface area contributed by atoms with E-state index in [1.807, 2.05) is 30.3 Å². The fraction of sp³-hybridized carbons (Fsp3) is 0.467. The normalized spacial score (nSPS) is 18.4. The number of piperidine rings is 1. The predicted octanol–water partition coefficient (Wildman–Crippen LogP) is 2.70. The lowest BCUT2D eigenvalue weighted by molar-refractivity contribution is -0.157. The number of hydrogen-bond acceptors (Lipinski definition) is 4. The van der Waals surface area contributed by atoms with Gasteiger partial charge in [-0.3, -0.25) is 9.69 Å². The zero-order valence-electron chi connectivity index (χ0n) is 11.6. The topological polar surface area (TPSA) is 55.8 Å². The smallest absolute Gasteiger partial charge is 0.413 e. The van der Waals surface area contributed by atoms with E-state index in [0.717, 1.165) is 18.4 Å². The number of hydrogen-bond donors (Lipinski definition) is 0. The van der Waals surface area contributed by atoms with Crippen LogP contribution in [-0.4, -0.2) is 29.7 Å². The van der Waals surface area contributed by atoms with Gasteiger partial charge in [-0.15, -0.1) is 0 Å². The summed E-state index contributed by atoms with van der Waals surface area (Å²) in [6, 6.07) is 9.49. The van der Waals surface area contributed by atoms with Crippen LogP contribution in [0.5, 0.6) is 0 Å². The number of rotatable bonds is 3. The third-order valence-electron chi connectivity index (χ3n) is 3.19. The molecule has 0 N–H and O–H groups in total. The first-order valence-electron chi connectivity index (χ1n) is 6.81. The second kappa shape index (κ2) is 6.93. The average Bonchev–Trinajstić information content (AvgIpc) is 2.46. The monoisotopic (exact) mass is 277 g/mol. The molecule has 1 amide bonds. The SMILES string of the molecule is CC(=O)OC1CCCCN1C(=O)OCc1ccccc1. The first kappa shape index (κ1) is 14.4. The van der Waals surface area contributed by atoms with Crippen LogP contribution in [0.2, 0.25) is 0 Å². The van der Waals surface area contributed by atoms with Gasteiger partial charge in [0.25, 0.3) is 0 Å². The molecule has 0 radical (unpaired) electrons. The molecule has 0 spiro atoms. The van der Waals surface area contributed by atoms with Crippen LogP contribution in [0.3, 0.4) is 0 Å². The van der Waals surface area contributed by atoms with Gasteiger partial charge in [0.05, 0.1) is 0 Å². The number of carbonyl (C=O) groups is 2. The highest BCUT2D eigenvalue weighted by Crippen LogP contribution is 2.19. The summed E-state index contributed by atoms with van der Waals surface area (Å²) in [7, 11) is 0. The van der Waals surface area contributed by atoms with Crippen molar-refractivity contribution >= 4 is 12.1 Å². The molecule has 0 aromatic heterocycles. The van der Waals surface area contributed by atoms with Gasteiger partial charge in [-0.25, -0.2) is 4.79 Å². The molecule has 1 aliphatic rings. The van der Waals surface area contributed by atoms with Crippen LogP contribution in [-0.2, 0) is 20.9 Å². The van der Waals surface area contributed by atoms with Gasteiger partial charge < -0.3 is 9.47 Å². The summed E-state index contributed by atoms with van der Waals surface area (Å²) in [5.74, 6) is -0.377. The maximum absolute atomic E-state index is 12.1. The van der Waals surface area contributed by atoms with Crippen molar-refractivity contribution in [2.24, 2.45) is 0 Å². The van der Waals surface area contributed by atoms with E-state index in [1.165, 1.54) is 11.8 Å². The summed E-state index contributed by atoms with van der Waals surface area (Å²) in [5, 5.41) is 0. The van der Waals surface area contributed by atoms with Gasteiger partial charge in [-0.05, 0) is 18.4 Å². The van der Waals surface area contributed by atoms with Gasteiger partial charge in [-0.1, -0.05) is 30.3 Å². The standard InChI is InChI=1S/C15H19NO4/c1-12(17)20-14-9-5-6-10-16(14)15(18)19-11-13-7-3-2-4-8-13/h2-4,7-8,14H,5-6,9-11H2,1H3. The van der Waals surface area contributed by atoms with E-state index in [9.17, 15) is 9.59 Å². The second-order valence-electron chi connectivity index (χ2n) is 4.79. The second-order valence-corrected chi connectivity index (χ2v) is 4.79. The fourth-order valence-electron chi connectivity index (χ4n) is 2.23. The van der Waals surface area contributed by atoms with E-state index in [0.29, 0.717) is 13.0 Å². The quantitative estimate of drug-likeness (QED) is 0.797. The first-order chi connectivity index (χ1) is 9.66. The lowest BCUT2D eigenvalue weighted by Gasteiger charge is -2.33. The Morgan fingerprint density at radius 1 is 1.25 bits per heavy atom. The van der Waals surface area contributed by atoms with Crippen molar-refractivity contribution in [3.05, 3.63) is 35.9 Å². The summed E-state index contributed by atoms with van der Waals surface area (Å²) in [6.45, 7) is 2.14. The minimum atomic E-state index is -0.496. The molecule has 108 valence electrons. The molecule has 1 fully saturated rings. The number of carbonyl (C=O) groups excluding carboxylic acids is 2. The number of esters is 1. The molecule has 0 bridgehead atoms. The van der Waals surface area contributed by atoms with E-state index in [2.05, 4.69) is 0 Å². The molecule has 1 aromatic rings. The van der Waals surface area contributed by atoms with Crippen LogP contribution in [0.25, 0.3) is 0 Å². The summed E-state index contributed by atoms with van der Waals surface area (Å²) in [5.41, 5.74) is 0.932. The van der Waals surface area contributed by atoms with Crippen LogP contribution >= 0.6 is 0 Å². The van der Waals surface area contributed by atoms with Gasteiger partial charge in [0.15, 0.2) is 6.23 Å². The Balaban J connectivity index is 1.90. The van der Waals surface area contributed by atoms with Gasteiger partial charge in [0, 0.05) is 19.9 Å². The summed E-state index contributed by atoms with van der Waals surface area (Å²) >= 11 is 0. The Morgan fingerprint density at radius 3 is 2.70 bits per heavy atom. The molecule has 2 rings (SSSR count). The number of ether oxygens (including phenoxy) is 2. The molecule has 1 aromatic carbocycles. The zero-order chi connectivity index (χ0) is 14.4. The van der Waals surface area contributed by atoms with Gasteiger partial charge in [0.1, 0.15) is 6.61 Å². The zero-order valence-corrected chi connectivity index (χ0v) is 11.6. The van der Waals surface area contributed by atoms with Crippen molar-refractivity contribution in [1.29, 1.82) is 0 Å². The van der Waals surface area contributed by atoms with E-state index >= 15 is 0 Å². The van der Waals surface area contributed by atoms with Crippen molar-refractivity contribution in [2.75, 3.05) is 6.54 Å². The number of nitrogens with zero attached hydrogens (tertiary/aromatic N) is 1.